The van der Waals surface area contributed by atoms with Crippen LogP contribution < -0.4 is 29.3 Å². The molecule has 0 aliphatic carbocycles. The Morgan fingerprint density at radius 2 is 2.46 bits per heavy atom. The monoisotopic (exact) mass is 173 g/mol. The Bertz CT molecular complexity index is 324. The van der Waals surface area contributed by atoms with Crippen LogP contribution in [0.3, 0.4) is 0 Å². The van der Waals surface area contributed by atoms with Gasteiger partial charge in [-0.1, -0.05) is 0 Å². The van der Waals surface area contributed by atoms with Crippen LogP contribution in [0.2, 0.25) is 0 Å². The third-order valence-electron chi connectivity index (χ3n) is 1.94. The van der Waals surface area contributed by atoms with Gasteiger partial charge in [-0.05, 0) is 0 Å². The predicted molar refractivity (Wildman–Crippen MR) is 38.3 cm³/mol. The summed E-state index contributed by atoms with van der Waals surface area (Å²) in [5, 5.41) is 13.6. The van der Waals surface area contributed by atoms with Crippen molar-refractivity contribution in [2.45, 2.75) is 13.1 Å². The molecule has 64 valence electrons. The van der Waals surface area contributed by atoms with E-state index in [-0.39, 0.29) is 24.6 Å². The van der Waals surface area contributed by atoms with Crippen LogP contribution in [0.15, 0.2) is 6.20 Å². The van der Waals surface area contributed by atoms with Crippen LogP contribution in [-0.2, 0) is 13.1 Å². The topological polar surface area (TPSA) is 70.0 Å². The van der Waals surface area contributed by atoms with Gasteiger partial charge in [0.25, 0.3) is 0 Å². The second kappa shape index (κ2) is 3.96. The van der Waals surface area contributed by atoms with Crippen molar-refractivity contribution in [1.82, 2.24) is 14.9 Å². The standard InChI is InChI=1S/C7H9N3O2.Li/c11-7(12)5-3-9-6-4-8-1-2-10(5)6;/h3,8H,1-2,4H2,(H,11,12);/q;+1/p-1. The second-order valence-electron chi connectivity index (χ2n) is 2.68. The van der Waals surface area contributed by atoms with Crippen LogP contribution in [0, 0.1) is 0 Å². The Kier molecular flexibility index (Phi) is 3.15. The van der Waals surface area contributed by atoms with Gasteiger partial charge in [0.15, 0.2) is 0 Å². The number of aromatic carboxylic acids is 1. The van der Waals surface area contributed by atoms with Gasteiger partial charge < -0.3 is 19.8 Å². The van der Waals surface area contributed by atoms with Crippen LogP contribution in [0.1, 0.15) is 16.3 Å². The van der Waals surface area contributed by atoms with E-state index in [1.807, 2.05) is 0 Å². The number of fused-ring (bicyclic) bond motifs is 1. The molecule has 0 spiro atoms. The van der Waals surface area contributed by atoms with Crippen LogP contribution in [0.25, 0.3) is 0 Å². The maximum Gasteiger partial charge on any atom is 1.00 e. The fourth-order valence-corrected chi connectivity index (χ4v) is 1.36. The average Bonchev–Trinajstić information content (AvgIpc) is 2.47. The number of nitrogens with zero attached hydrogens (tertiary/aromatic N) is 2. The van der Waals surface area contributed by atoms with E-state index >= 15 is 0 Å². The van der Waals surface area contributed by atoms with Crippen molar-refractivity contribution < 1.29 is 28.8 Å². The van der Waals surface area contributed by atoms with Gasteiger partial charge in [-0.25, -0.2) is 4.98 Å². The minimum Gasteiger partial charge on any atom is -0.543 e. The number of carbonyl (C=O) groups is 1. The van der Waals surface area contributed by atoms with E-state index in [9.17, 15) is 9.90 Å². The molecule has 1 aliphatic heterocycles. The van der Waals surface area contributed by atoms with Gasteiger partial charge in [0.05, 0.1) is 24.4 Å². The minimum atomic E-state index is -1.16. The summed E-state index contributed by atoms with van der Waals surface area (Å²) in [5.41, 5.74) is 0.173. The van der Waals surface area contributed by atoms with E-state index in [0.29, 0.717) is 13.1 Å². The Morgan fingerprint density at radius 1 is 1.69 bits per heavy atom. The normalized spacial score (nSPS) is 14.5. The molecule has 13 heavy (non-hydrogen) atoms. The van der Waals surface area contributed by atoms with Gasteiger partial charge in [-0.3, -0.25) is 0 Å². The molecule has 1 aromatic heterocycles. The van der Waals surface area contributed by atoms with E-state index < -0.39 is 5.97 Å². The Balaban J connectivity index is 0.000000845. The average molecular weight is 173 g/mol. The number of hydrogen-bond donors (Lipinski definition) is 1. The molecule has 0 unspecified atom stereocenters. The molecule has 6 heteroatoms. The molecule has 0 fully saturated rings. The zero-order chi connectivity index (χ0) is 8.55. The summed E-state index contributed by atoms with van der Waals surface area (Å²) >= 11 is 0. The van der Waals surface area contributed by atoms with Crippen molar-refractivity contribution >= 4 is 5.97 Å². The number of hydrogen-bond acceptors (Lipinski definition) is 4. The summed E-state index contributed by atoms with van der Waals surface area (Å²) in [6.07, 6.45) is 1.34. The van der Waals surface area contributed by atoms with Gasteiger partial charge in [0.1, 0.15) is 5.82 Å². The summed E-state index contributed by atoms with van der Waals surface area (Å²) in [7, 11) is 0. The molecule has 0 amide bonds. The molecule has 2 heterocycles. The van der Waals surface area contributed by atoms with Crippen molar-refractivity contribution in [3.8, 4) is 0 Å². The van der Waals surface area contributed by atoms with Gasteiger partial charge in [-0.15, -0.1) is 0 Å². The first-order chi connectivity index (χ1) is 5.79. The molecule has 1 N–H and O–H groups in total. The number of carbonyl (C=O) groups excluding carboxylic acids is 1. The molecule has 0 radical (unpaired) electrons. The fraction of sp³-hybridized carbons (Fsp3) is 0.429. The SMILES string of the molecule is O=C([O-])c1cnc2n1CCNC2.[Li+]. The zero-order valence-electron chi connectivity index (χ0n) is 7.41. The minimum absolute atomic E-state index is 0. The van der Waals surface area contributed by atoms with Crippen molar-refractivity contribution in [1.29, 1.82) is 0 Å². The smallest absolute Gasteiger partial charge is 0.543 e. The molecule has 5 nitrogen and oxygen atoms in total. The molecule has 0 atom stereocenters. The first-order valence-corrected chi connectivity index (χ1v) is 3.75. The third-order valence-corrected chi connectivity index (χ3v) is 1.94. The van der Waals surface area contributed by atoms with E-state index in [0.717, 1.165) is 12.4 Å². The fourth-order valence-electron chi connectivity index (χ4n) is 1.36. The summed E-state index contributed by atoms with van der Waals surface area (Å²) in [6.45, 7) is 2.07. The summed E-state index contributed by atoms with van der Waals surface area (Å²) in [4.78, 5) is 14.5. The number of carboxylic acids is 1. The Labute approximate surface area is 87.3 Å². The quantitative estimate of drug-likeness (QED) is 0.433. The van der Waals surface area contributed by atoms with E-state index in [1.165, 1.54) is 6.20 Å². The van der Waals surface area contributed by atoms with Gasteiger partial charge in [-0.2, -0.15) is 0 Å². The van der Waals surface area contributed by atoms with E-state index in [4.69, 9.17) is 0 Å². The van der Waals surface area contributed by atoms with E-state index in [2.05, 4.69) is 10.3 Å². The van der Waals surface area contributed by atoms with Crippen LogP contribution in [0.5, 0.6) is 0 Å². The first kappa shape index (κ1) is 10.3. The summed E-state index contributed by atoms with van der Waals surface area (Å²) in [5.74, 6) is -0.393. The first-order valence-electron chi connectivity index (χ1n) is 3.75. The van der Waals surface area contributed by atoms with Crippen molar-refractivity contribution in [2.24, 2.45) is 0 Å². The van der Waals surface area contributed by atoms with Gasteiger partial charge in [0, 0.05) is 13.1 Å². The number of imidazole rings is 1. The molecule has 1 aliphatic rings. The number of rotatable bonds is 1. The number of nitrogens with one attached hydrogen (secondary N) is 1. The molecule has 0 aromatic carbocycles. The molecule has 0 saturated carbocycles. The van der Waals surface area contributed by atoms with Gasteiger partial charge >= 0.3 is 18.9 Å². The molecule has 2 rings (SSSR count). The predicted octanol–water partition coefficient (Wildman–Crippen LogP) is -4.65. The third kappa shape index (κ3) is 1.78. The summed E-state index contributed by atoms with van der Waals surface area (Å²) in [6, 6.07) is 0. The van der Waals surface area contributed by atoms with Gasteiger partial charge in [0.2, 0.25) is 0 Å². The molecule has 1 aromatic rings. The second-order valence-corrected chi connectivity index (χ2v) is 2.68. The van der Waals surface area contributed by atoms with Crippen molar-refractivity contribution in [3.05, 3.63) is 17.7 Å². The molecular weight excluding hydrogens is 165 g/mol. The number of carboxylic acid groups (broad SMARTS) is 1. The Hall–Kier alpha value is -0.763. The maximum atomic E-state index is 10.5. The van der Waals surface area contributed by atoms with Crippen molar-refractivity contribution in [2.75, 3.05) is 6.54 Å². The molecule has 0 saturated heterocycles. The maximum absolute atomic E-state index is 10.5. The van der Waals surface area contributed by atoms with Crippen LogP contribution in [0.4, 0.5) is 0 Å². The van der Waals surface area contributed by atoms with E-state index in [1.54, 1.807) is 4.57 Å². The molecule has 0 bridgehead atoms. The summed E-state index contributed by atoms with van der Waals surface area (Å²) < 4.78 is 1.67. The van der Waals surface area contributed by atoms with Crippen LogP contribution >= 0.6 is 0 Å². The largest absolute Gasteiger partial charge is 1.00 e. The zero-order valence-corrected chi connectivity index (χ0v) is 7.41. The van der Waals surface area contributed by atoms with Crippen LogP contribution in [-0.4, -0.2) is 22.1 Å². The number of aromatic nitrogens is 2. The molecular formula is C7H8LiN3O2. The Morgan fingerprint density at radius 3 is 3.15 bits per heavy atom. The van der Waals surface area contributed by atoms with Crippen molar-refractivity contribution in [3.63, 3.8) is 0 Å².